The van der Waals surface area contributed by atoms with E-state index in [0.29, 0.717) is 33.7 Å². The highest BCUT2D eigenvalue weighted by molar-refractivity contribution is 6.30. The number of aromatic nitrogens is 2. The lowest BCUT2D eigenvalue weighted by molar-refractivity contribution is 0.438. The monoisotopic (exact) mass is 308 g/mol. The number of hydrogen-bond acceptors (Lipinski definition) is 3. The summed E-state index contributed by atoms with van der Waals surface area (Å²) in [6, 6.07) is 4.69. The fraction of sp³-hybridized carbons (Fsp3) is 0.375. The normalized spacial score (nSPS) is 11.6. The summed E-state index contributed by atoms with van der Waals surface area (Å²) in [4.78, 5) is 8.69. The minimum atomic E-state index is -0.318. The quantitative estimate of drug-likeness (QED) is 0.734. The lowest BCUT2D eigenvalue weighted by Crippen LogP contribution is -2.17. The molecule has 1 heterocycles. The van der Waals surface area contributed by atoms with Crippen LogP contribution in [0.5, 0.6) is 11.6 Å². The summed E-state index contributed by atoms with van der Waals surface area (Å²) in [6.45, 7) is 9.44. The van der Waals surface area contributed by atoms with Crippen molar-refractivity contribution in [2.45, 2.75) is 40.0 Å². The predicted molar refractivity (Wildman–Crippen MR) is 81.7 cm³/mol. The number of benzene rings is 1. The van der Waals surface area contributed by atoms with Gasteiger partial charge >= 0.3 is 0 Å². The Morgan fingerprint density at radius 1 is 1.14 bits per heavy atom. The molecule has 0 aliphatic carbocycles. The first-order chi connectivity index (χ1) is 9.68. The summed E-state index contributed by atoms with van der Waals surface area (Å²) in [5.74, 6) is 1.00. The molecule has 0 aliphatic heterocycles. The standard InChI is InChI=1S/C16H18ClFN2O/c1-9-6-7-11(8-12(9)18)21-14-10(2)13(17)19-15(20-14)16(3,4)5/h6-8H,1-5H3. The van der Waals surface area contributed by atoms with Gasteiger partial charge in [0.25, 0.3) is 0 Å². The molecule has 0 spiro atoms. The third kappa shape index (κ3) is 3.50. The highest BCUT2D eigenvalue weighted by Gasteiger charge is 2.21. The highest BCUT2D eigenvalue weighted by Crippen LogP contribution is 2.30. The van der Waals surface area contributed by atoms with E-state index in [1.165, 1.54) is 6.07 Å². The van der Waals surface area contributed by atoms with E-state index < -0.39 is 0 Å². The van der Waals surface area contributed by atoms with E-state index in [4.69, 9.17) is 16.3 Å². The van der Waals surface area contributed by atoms with Gasteiger partial charge in [-0.15, -0.1) is 0 Å². The molecule has 3 nitrogen and oxygen atoms in total. The number of aryl methyl sites for hydroxylation is 1. The van der Waals surface area contributed by atoms with Crippen LogP contribution in [-0.2, 0) is 5.41 Å². The molecule has 0 bridgehead atoms. The van der Waals surface area contributed by atoms with Gasteiger partial charge in [0.05, 0.1) is 0 Å². The molecule has 0 saturated heterocycles. The summed E-state index contributed by atoms with van der Waals surface area (Å²) in [5, 5.41) is 0.345. The van der Waals surface area contributed by atoms with E-state index in [1.54, 1.807) is 26.0 Å². The molecule has 1 aromatic carbocycles. The Morgan fingerprint density at radius 3 is 2.38 bits per heavy atom. The van der Waals surface area contributed by atoms with Crippen LogP contribution < -0.4 is 4.74 Å². The SMILES string of the molecule is Cc1ccc(Oc2nc(C(C)(C)C)nc(Cl)c2C)cc1F. The number of nitrogens with zero attached hydrogens (tertiary/aromatic N) is 2. The van der Waals surface area contributed by atoms with E-state index in [0.717, 1.165) is 0 Å². The third-order valence-corrected chi connectivity index (χ3v) is 3.44. The number of hydrogen-bond donors (Lipinski definition) is 0. The van der Waals surface area contributed by atoms with Crippen molar-refractivity contribution in [1.82, 2.24) is 9.97 Å². The lowest BCUT2D eigenvalue weighted by Gasteiger charge is -2.19. The van der Waals surface area contributed by atoms with Crippen LogP contribution in [0.25, 0.3) is 0 Å². The molecule has 5 heteroatoms. The Labute approximate surface area is 129 Å². The van der Waals surface area contributed by atoms with Crippen LogP contribution in [0.3, 0.4) is 0 Å². The van der Waals surface area contributed by atoms with Gasteiger partial charge < -0.3 is 4.74 Å². The maximum Gasteiger partial charge on any atom is 0.227 e. The zero-order valence-corrected chi connectivity index (χ0v) is 13.5. The van der Waals surface area contributed by atoms with Gasteiger partial charge in [-0.1, -0.05) is 38.4 Å². The second-order valence-electron chi connectivity index (χ2n) is 6.03. The van der Waals surface area contributed by atoms with Gasteiger partial charge in [0.15, 0.2) is 0 Å². The molecule has 0 fully saturated rings. The van der Waals surface area contributed by atoms with Crippen molar-refractivity contribution in [2.24, 2.45) is 0 Å². The zero-order valence-electron chi connectivity index (χ0n) is 12.8. The average Bonchev–Trinajstić information content (AvgIpc) is 2.38. The first-order valence-electron chi connectivity index (χ1n) is 6.67. The number of halogens is 2. The van der Waals surface area contributed by atoms with E-state index in [-0.39, 0.29) is 11.2 Å². The molecule has 0 atom stereocenters. The molecule has 2 rings (SSSR count). The van der Waals surface area contributed by atoms with Gasteiger partial charge in [-0.25, -0.2) is 9.37 Å². The van der Waals surface area contributed by atoms with Crippen molar-refractivity contribution in [3.05, 3.63) is 46.1 Å². The van der Waals surface area contributed by atoms with Crippen molar-refractivity contribution in [2.75, 3.05) is 0 Å². The molecule has 0 aliphatic rings. The molecular formula is C16H18ClFN2O. The average molecular weight is 309 g/mol. The maximum absolute atomic E-state index is 13.6. The van der Waals surface area contributed by atoms with Crippen LogP contribution in [0, 0.1) is 19.7 Å². The second kappa shape index (κ2) is 5.60. The summed E-state index contributed by atoms with van der Waals surface area (Å²) < 4.78 is 19.3. The summed E-state index contributed by atoms with van der Waals surface area (Å²) in [5.41, 5.74) is 0.939. The van der Waals surface area contributed by atoms with E-state index in [2.05, 4.69) is 9.97 Å². The molecule has 2 aromatic rings. The van der Waals surface area contributed by atoms with Crippen molar-refractivity contribution < 1.29 is 9.13 Å². The van der Waals surface area contributed by atoms with Gasteiger partial charge in [0.1, 0.15) is 22.5 Å². The van der Waals surface area contributed by atoms with E-state index in [9.17, 15) is 4.39 Å². The van der Waals surface area contributed by atoms with Crippen LogP contribution in [0.15, 0.2) is 18.2 Å². The van der Waals surface area contributed by atoms with Crippen molar-refractivity contribution in [3.63, 3.8) is 0 Å². The first kappa shape index (κ1) is 15.7. The summed E-state index contributed by atoms with van der Waals surface area (Å²) in [6.07, 6.45) is 0. The maximum atomic E-state index is 13.6. The number of ether oxygens (including phenoxy) is 1. The van der Waals surface area contributed by atoms with Crippen LogP contribution in [0.2, 0.25) is 5.15 Å². The number of rotatable bonds is 2. The lowest BCUT2D eigenvalue weighted by atomic mass is 9.96. The van der Waals surface area contributed by atoms with Crippen molar-refractivity contribution in [1.29, 1.82) is 0 Å². The molecule has 0 radical (unpaired) electrons. The van der Waals surface area contributed by atoms with Crippen molar-refractivity contribution in [3.8, 4) is 11.6 Å². The van der Waals surface area contributed by atoms with Crippen molar-refractivity contribution >= 4 is 11.6 Å². The minimum absolute atomic E-state index is 0.256. The molecule has 0 N–H and O–H groups in total. The molecule has 0 unspecified atom stereocenters. The Hall–Kier alpha value is -1.68. The van der Waals surface area contributed by atoms with Gasteiger partial charge in [0, 0.05) is 17.0 Å². The topological polar surface area (TPSA) is 35.0 Å². The van der Waals surface area contributed by atoms with Gasteiger partial charge in [-0.3, -0.25) is 0 Å². The molecule has 21 heavy (non-hydrogen) atoms. The second-order valence-corrected chi connectivity index (χ2v) is 6.39. The Bertz CT molecular complexity index is 681. The van der Waals surface area contributed by atoms with Gasteiger partial charge in [0.2, 0.25) is 5.88 Å². The molecule has 1 aromatic heterocycles. The fourth-order valence-corrected chi connectivity index (χ4v) is 1.81. The molecule has 0 amide bonds. The third-order valence-electron chi connectivity index (χ3n) is 3.07. The first-order valence-corrected chi connectivity index (χ1v) is 7.05. The Balaban J connectivity index is 2.43. The fourth-order valence-electron chi connectivity index (χ4n) is 1.65. The van der Waals surface area contributed by atoms with Crippen LogP contribution >= 0.6 is 11.6 Å². The molecule has 0 saturated carbocycles. The van der Waals surface area contributed by atoms with Crippen LogP contribution in [-0.4, -0.2) is 9.97 Å². The molecular weight excluding hydrogens is 291 g/mol. The largest absolute Gasteiger partial charge is 0.438 e. The smallest absolute Gasteiger partial charge is 0.227 e. The Morgan fingerprint density at radius 2 is 1.81 bits per heavy atom. The van der Waals surface area contributed by atoms with Gasteiger partial charge in [-0.05, 0) is 25.5 Å². The highest BCUT2D eigenvalue weighted by atomic mass is 35.5. The summed E-state index contributed by atoms with van der Waals surface area (Å²) >= 11 is 6.14. The summed E-state index contributed by atoms with van der Waals surface area (Å²) in [7, 11) is 0. The van der Waals surface area contributed by atoms with Gasteiger partial charge in [-0.2, -0.15) is 4.98 Å². The van der Waals surface area contributed by atoms with E-state index >= 15 is 0 Å². The van der Waals surface area contributed by atoms with Crippen LogP contribution in [0.1, 0.15) is 37.7 Å². The minimum Gasteiger partial charge on any atom is -0.438 e. The predicted octanol–water partition coefficient (Wildman–Crippen LogP) is 4.98. The van der Waals surface area contributed by atoms with Crippen LogP contribution in [0.4, 0.5) is 4.39 Å². The van der Waals surface area contributed by atoms with E-state index in [1.807, 2.05) is 20.8 Å². The zero-order chi connectivity index (χ0) is 15.8. The molecule has 112 valence electrons. The Kier molecular flexibility index (Phi) is 4.19.